The SMILES string of the molecule is Nc1ccccc1CCC(=O)Nc1ccsc1. The van der Waals surface area contributed by atoms with Gasteiger partial charge in [0.05, 0.1) is 5.69 Å². The first kappa shape index (κ1) is 11.7. The van der Waals surface area contributed by atoms with E-state index in [9.17, 15) is 4.79 Å². The Balaban J connectivity index is 1.86. The molecule has 2 aromatic rings. The Bertz CT molecular complexity index is 494. The number of thiophene rings is 1. The monoisotopic (exact) mass is 246 g/mol. The first-order valence-corrected chi connectivity index (χ1v) is 6.35. The summed E-state index contributed by atoms with van der Waals surface area (Å²) >= 11 is 1.56. The predicted molar refractivity (Wildman–Crippen MR) is 72.1 cm³/mol. The van der Waals surface area contributed by atoms with Crippen molar-refractivity contribution in [2.75, 3.05) is 11.1 Å². The number of nitrogens with two attached hydrogens (primary N) is 1. The number of carbonyl (C=O) groups excluding carboxylic acids is 1. The number of amides is 1. The van der Waals surface area contributed by atoms with Gasteiger partial charge in [0.25, 0.3) is 0 Å². The topological polar surface area (TPSA) is 55.1 Å². The zero-order valence-corrected chi connectivity index (χ0v) is 10.2. The molecule has 3 nitrogen and oxygen atoms in total. The lowest BCUT2D eigenvalue weighted by Crippen LogP contribution is -2.12. The molecule has 0 radical (unpaired) electrons. The van der Waals surface area contributed by atoms with Crippen LogP contribution in [0.2, 0.25) is 0 Å². The van der Waals surface area contributed by atoms with E-state index in [2.05, 4.69) is 5.32 Å². The van der Waals surface area contributed by atoms with Crippen LogP contribution in [0.4, 0.5) is 11.4 Å². The second-order valence-corrected chi connectivity index (χ2v) is 4.54. The third-order valence-electron chi connectivity index (χ3n) is 2.48. The fraction of sp³-hybridized carbons (Fsp3) is 0.154. The summed E-state index contributed by atoms with van der Waals surface area (Å²) in [6.07, 6.45) is 1.12. The quantitative estimate of drug-likeness (QED) is 0.815. The van der Waals surface area contributed by atoms with E-state index in [1.807, 2.05) is 41.1 Å². The second kappa shape index (κ2) is 5.50. The zero-order chi connectivity index (χ0) is 12.1. The summed E-state index contributed by atoms with van der Waals surface area (Å²) in [7, 11) is 0. The third kappa shape index (κ3) is 3.32. The highest BCUT2D eigenvalue weighted by Gasteiger charge is 2.04. The van der Waals surface area contributed by atoms with Gasteiger partial charge in [0, 0.05) is 17.5 Å². The van der Waals surface area contributed by atoms with Crippen LogP contribution in [-0.4, -0.2) is 5.91 Å². The van der Waals surface area contributed by atoms with Crippen molar-refractivity contribution in [3.8, 4) is 0 Å². The molecule has 0 bridgehead atoms. The highest BCUT2D eigenvalue weighted by molar-refractivity contribution is 7.08. The standard InChI is InChI=1S/C13H14N2OS/c14-12-4-2-1-3-10(12)5-6-13(16)15-11-7-8-17-9-11/h1-4,7-9H,5-6,14H2,(H,15,16). The maximum absolute atomic E-state index is 11.6. The number of rotatable bonds is 4. The van der Waals surface area contributed by atoms with Gasteiger partial charge >= 0.3 is 0 Å². The summed E-state index contributed by atoms with van der Waals surface area (Å²) in [4.78, 5) is 11.6. The Kier molecular flexibility index (Phi) is 3.77. The number of benzene rings is 1. The molecule has 0 aliphatic carbocycles. The molecule has 1 aromatic heterocycles. The number of carbonyl (C=O) groups is 1. The first-order valence-electron chi connectivity index (χ1n) is 5.41. The molecule has 0 atom stereocenters. The summed E-state index contributed by atoms with van der Waals surface area (Å²) in [5.41, 5.74) is 8.44. The highest BCUT2D eigenvalue weighted by Crippen LogP contribution is 2.15. The molecule has 1 heterocycles. The van der Waals surface area contributed by atoms with Crippen molar-refractivity contribution in [1.82, 2.24) is 0 Å². The number of para-hydroxylation sites is 1. The lowest BCUT2D eigenvalue weighted by atomic mass is 10.1. The molecule has 0 unspecified atom stereocenters. The number of hydrogen-bond donors (Lipinski definition) is 2. The van der Waals surface area contributed by atoms with Crippen LogP contribution in [0.25, 0.3) is 0 Å². The van der Waals surface area contributed by atoms with Crippen molar-refractivity contribution in [1.29, 1.82) is 0 Å². The Morgan fingerprint density at radius 3 is 2.82 bits per heavy atom. The summed E-state index contributed by atoms with van der Waals surface area (Å²) in [6.45, 7) is 0. The Morgan fingerprint density at radius 2 is 2.12 bits per heavy atom. The summed E-state index contributed by atoms with van der Waals surface area (Å²) in [5, 5.41) is 6.69. The molecule has 1 aromatic carbocycles. The molecular formula is C13H14N2OS. The Hall–Kier alpha value is -1.81. The van der Waals surface area contributed by atoms with E-state index in [0.717, 1.165) is 16.9 Å². The van der Waals surface area contributed by atoms with Crippen LogP contribution < -0.4 is 11.1 Å². The number of nitrogen functional groups attached to an aromatic ring is 1. The molecule has 0 spiro atoms. The van der Waals surface area contributed by atoms with Crippen LogP contribution in [0.1, 0.15) is 12.0 Å². The molecule has 4 heteroatoms. The van der Waals surface area contributed by atoms with E-state index >= 15 is 0 Å². The second-order valence-electron chi connectivity index (χ2n) is 3.76. The first-order chi connectivity index (χ1) is 8.25. The smallest absolute Gasteiger partial charge is 0.224 e. The van der Waals surface area contributed by atoms with Gasteiger partial charge in [-0.2, -0.15) is 11.3 Å². The minimum Gasteiger partial charge on any atom is -0.399 e. The van der Waals surface area contributed by atoms with Crippen LogP contribution in [-0.2, 0) is 11.2 Å². The van der Waals surface area contributed by atoms with E-state index in [-0.39, 0.29) is 5.91 Å². The fourth-order valence-corrected chi connectivity index (χ4v) is 2.16. The minimum absolute atomic E-state index is 0.0200. The van der Waals surface area contributed by atoms with Crippen LogP contribution in [0.5, 0.6) is 0 Å². The van der Waals surface area contributed by atoms with E-state index in [0.29, 0.717) is 12.8 Å². The predicted octanol–water partition coefficient (Wildman–Crippen LogP) is 2.90. The Labute approximate surface area is 104 Å². The Morgan fingerprint density at radius 1 is 1.29 bits per heavy atom. The molecular weight excluding hydrogens is 232 g/mol. The van der Waals surface area contributed by atoms with Crippen LogP contribution in [0, 0.1) is 0 Å². The maximum atomic E-state index is 11.6. The van der Waals surface area contributed by atoms with Crippen molar-refractivity contribution in [3.05, 3.63) is 46.7 Å². The van der Waals surface area contributed by atoms with Crippen LogP contribution in [0.15, 0.2) is 41.1 Å². The average Bonchev–Trinajstić information content (AvgIpc) is 2.81. The van der Waals surface area contributed by atoms with Crippen LogP contribution in [0.3, 0.4) is 0 Å². The third-order valence-corrected chi connectivity index (χ3v) is 3.16. The van der Waals surface area contributed by atoms with Crippen molar-refractivity contribution in [2.24, 2.45) is 0 Å². The van der Waals surface area contributed by atoms with Crippen molar-refractivity contribution < 1.29 is 4.79 Å². The summed E-state index contributed by atoms with van der Waals surface area (Å²) < 4.78 is 0. The van der Waals surface area contributed by atoms with Gasteiger partial charge < -0.3 is 11.1 Å². The molecule has 0 aliphatic heterocycles. The van der Waals surface area contributed by atoms with Gasteiger partial charge in [-0.15, -0.1) is 0 Å². The molecule has 17 heavy (non-hydrogen) atoms. The average molecular weight is 246 g/mol. The molecule has 2 rings (SSSR count). The zero-order valence-electron chi connectivity index (χ0n) is 9.35. The van der Waals surface area contributed by atoms with Gasteiger partial charge in [-0.05, 0) is 29.5 Å². The number of aryl methyl sites for hydroxylation is 1. The fourth-order valence-electron chi connectivity index (χ4n) is 1.57. The van der Waals surface area contributed by atoms with Gasteiger partial charge in [-0.1, -0.05) is 18.2 Å². The largest absolute Gasteiger partial charge is 0.399 e. The molecule has 0 saturated carbocycles. The van der Waals surface area contributed by atoms with Gasteiger partial charge in [-0.3, -0.25) is 4.79 Å². The van der Waals surface area contributed by atoms with Crippen molar-refractivity contribution >= 4 is 28.6 Å². The van der Waals surface area contributed by atoms with Crippen molar-refractivity contribution in [2.45, 2.75) is 12.8 Å². The normalized spacial score (nSPS) is 10.1. The molecule has 3 N–H and O–H groups in total. The van der Waals surface area contributed by atoms with Crippen LogP contribution >= 0.6 is 11.3 Å². The molecule has 0 saturated heterocycles. The molecule has 1 amide bonds. The number of hydrogen-bond acceptors (Lipinski definition) is 3. The lowest BCUT2D eigenvalue weighted by molar-refractivity contribution is -0.116. The van der Waals surface area contributed by atoms with Crippen molar-refractivity contribution in [3.63, 3.8) is 0 Å². The molecule has 88 valence electrons. The minimum atomic E-state index is 0.0200. The van der Waals surface area contributed by atoms with Gasteiger partial charge in [0.1, 0.15) is 0 Å². The number of anilines is 2. The highest BCUT2D eigenvalue weighted by atomic mass is 32.1. The van der Waals surface area contributed by atoms with Gasteiger partial charge in [0.2, 0.25) is 5.91 Å². The maximum Gasteiger partial charge on any atom is 0.224 e. The van der Waals surface area contributed by atoms with E-state index in [1.165, 1.54) is 0 Å². The summed E-state index contributed by atoms with van der Waals surface area (Å²) in [6, 6.07) is 9.52. The molecule has 0 fully saturated rings. The summed E-state index contributed by atoms with van der Waals surface area (Å²) in [5.74, 6) is 0.0200. The molecule has 0 aliphatic rings. The lowest BCUT2D eigenvalue weighted by Gasteiger charge is -2.05. The van der Waals surface area contributed by atoms with Gasteiger partial charge in [0.15, 0.2) is 0 Å². The van der Waals surface area contributed by atoms with E-state index in [4.69, 9.17) is 5.73 Å². The number of nitrogens with one attached hydrogen (secondary N) is 1. The van der Waals surface area contributed by atoms with E-state index in [1.54, 1.807) is 11.3 Å². The van der Waals surface area contributed by atoms with Gasteiger partial charge in [-0.25, -0.2) is 0 Å². The van der Waals surface area contributed by atoms with E-state index < -0.39 is 0 Å².